The van der Waals surface area contributed by atoms with Gasteiger partial charge in [0.25, 0.3) is 5.56 Å². The molecule has 0 saturated heterocycles. The highest BCUT2D eigenvalue weighted by molar-refractivity contribution is 6.06. The monoisotopic (exact) mass is 261 g/mol. The normalized spacial score (nSPS) is 11.2. The molecule has 2 aromatic carbocycles. The number of aromatic amines is 1. The molecule has 0 aliphatic heterocycles. The number of benzene rings is 2. The molecule has 0 atom stereocenters. The fraction of sp³-hybridized carbons (Fsp3) is 0. The van der Waals surface area contributed by atoms with E-state index in [1.165, 1.54) is 4.68 Å². The molecule has 4 aromatic rings. The Morgan fingerprint density at radius 2 is 1.65 bits per heavy atom. The number of para-hydroxylation sites is 2. The van der Waals surface area contributed by atoms with Crippen LogP contribution in [0.2, 0.25) is 0 Å². The predicted molar refractivity (Wildman–Crippen MR) is 79.2 cm³/mol. The summed E-state index contributed by atoms with van der Waals surface area (Å²) in [7, 11) is 0. The lowest BCUT2D eigenvalue weighted by Crippen LogP contribution is -2.20. The van der Waals surface area contributed by atoms with Crippen LogP contribution in [-0.2, 0) is 0 Å². The lowest BCUT2D eigenvalue weighted by atomic mass is 10.2. The number of rotatable bonds is 1. The minimum absolute atomic E-state index is 0.134. The van der Waals surface area contributed by atoms with E-state index >= 15 is 0 Å². The maximum atomic E-state index is 12.6. The molecule has 4 heteroatoms. The molecular formula is C16H11N3O. The van der Waals surface area contributed by atoms with E-state index in [2.05, 4.69) is 10.1 Å². The average Bonchev–Trinajstić information content (AvgIpc) is 2.88. The molecule has 1 N–H and O–H groups in total. The smallest absolute Gasteiger partial charge is 0.295 e. The topological polar surface area (TPSA) is 50.7 Å². The van der Waals surface area contributed by atoms with E-state index in [4.69, 9.17) is 0 Å². The first-order valence-corrected chi connectivity index (χ1v) is 6.39. The molecule has 4 rings (SSSR count). The minimum atomic E-state index is -0.134. The molecule has 0 unspecified atom stereocenters. The van der Waals surface area contributed by atoms with Gasteiger partial charge in [-0.1, -0.05) is 36.4 Å². The third-order valence-electron chi connectivity index (χ3n) is 3.46. The van der Waals surface area contributed by atoms with Crippen molar-refractivity contribution >= 4 is 21.8 Å². The van der Waals surface area contributed by atoms with Gasteiger partial charge in [-0.3, -0.25) is 4.79 Å². The Morgan fingerprint density at radius 1 is 0.900 bits per heavy atom. The van der Waals surface area contributed by atoms with Gasteiger partial charge in [-0.05, 0) is 18.2 Å². The quantitative estimate of drug-likeness (QED) is 0.572. The van der Waals surface area contributed by atoms with Gasteiger partial charge in [0.2, 0.25) is 0 Å². The van der Waals surface area contributed by atoms with Gasteiger partial charge in [-0.15, -0.1) is 0 Å². The minimum Gasteiger partial charge on any atom is -0.350 e. The van der Waals surface area contributed by atoms with Crippen LogP contribution in [0.25, 0.3) is 27.5 Å². The van der Waals surface area contributed by atoms with Gasteiger partial charge in [0.05, 0.1) is 11.9 Å². The average molecular weight is 261 g/mol. The van der Waals surface area contributed by atoms with Gasteiger partial charge in [0, 0.05) is 16.3 Å². The summed E-state index contributed by atoms with van der Waals surface area (Å²) in [5, 5.41) is 6.16. The summed E-state index contributed by atoms with van der Waals surface area (Å²) in [6.45, 7) is 0. The third kappa shape index (κ3) is 1.48. The zero-order valence-corrected chi connectivity index (χ0v) is 10.6. The van der Waals surface area contributed by atoms with Crippen LogP contribution < -0.4 is 5.56 Å². The van der Waals surface area contributed by atoms with Crippen LogP contribution >= 0.6 is 0 Å². The van der Waals surface area contributed by atoms with E-state index in [-0.39, 0.29) is 5.56 Å². The molecular weight excluding hydrogens is 250 g/mol. The Labute approximate surface area is 114 Å². The van der Waals surface area contributed by atoms with Crippen molar-refractivity contribution < 1.29 is 0 Å². The molecule has 20 heavy (non-hydrogen) atoms. The molecule has 0 saturated carbocycles. The Balaban J connectivity index is 2.10. The van der Waals surface area contributed by atoms with Crippen molar-refractivity contribution in [3.05, 3.63) is 71.1 Å². The molecule has 0 bridgehead atoms. The molecule has 0 aliphatic carbocycles. The Bertz CT molecular complexity index is 967. The third-order valence-corrected chi connectivity index (χ3v) is 3.46. The van der Waals surface area contributed by atoms with Gasteiger partial charge >= 0.3 is 0 Å². The first-order chi connectivity index (χ1) is 9.84. The van der Waals surface area contributed by atoms with Gasteiger partial charge in [0.15, 0.2) is 0 Å². The molecule has 96 valence electrons. The number of fused-ring (bicyclic) bond motifs is 3. The van der Waals surface area contributed by atoms with Crippen LogP contribution in [0, 0.1) is 0 Å². The zero-order valence-electron chi connectivity index (χ0n) is 10.6. The summed E-state index contributed by atoms with van der Waals surface area (Å²) >= 11 is 0. The van der Waals surface area contributed by atoms with E-state index in [1.54, 1.807) is 6.20 Å². The summed E-state index contributed by atoms with van der Waals surface area (Å²) in [5.41, 5.74) is 2.17. The fourth-order valence-corrected chi connectivity index (χ4v) is 2.49. The van der Waals surface area contributed by atoms with Crippen LogP contribution in [0.15, 0.2) is 65.6 Å². The van der Waals surface area contributed by atoms with Crippen LogP contribution in [0.5, 0.6) is 0 Å². The Hall–Kier alpha value is -2.88. The highest BCUT2D eigenvalue weighted by Crippen LogP contribution is 2.22. The number of nitrogens with one attached hydrogen (secondary N) is 1. The SMILES string of the molecule is O=c1c2[nH]c3ccccc3c2cnn1-c1ccccc1. The summed E-state index contributed by atoms with van der Waals surface area (Å²) in [4.78, 5) is 15.8. The van der Waals surface area contributed by atoms with E-state index in [1.807, 2.05) is 54.6 Å². The molecule has 0 radical (unpaired) electrons. The second kappa shape index (κ2) is 4.06. The molecule has 0 amide bonds. The zero-order chi connectivity index (χ0) is 13.5. The second-order valence-electron chi connectivity index (χ2n) is 4.66. The molecule has 2 heterocycles. The number of aromatic nitrogens is 3. The number of hydrogen-bond acceptors (Lipinski definition) is 2. The van der Waals surface area contributed by atoms with Crippen molar-refractivity contribution in [3.63, 3.8) is 0 Å². The molecule has 0 fully saturated rings. The molecule has 4 nitrogen and oxygen atoms in total. The highest BCUT2D eigenvalue weighted by Gasteiger charge is 2.10. The number of H-pyrrole nitrogens is 1. The van der Waals surface area contributed by atoms with Gasteiger partial charge in [-0.2, -0.15) is 9.78 Å². The van der Waals surface area contributed by atoms with Crippen LogP contribution in [0.1, 0.15) is 0 Å². The number of hydrogen-bond donors (Lipinski definition) is 1. The van der Waals surface area contributed by atoms with E-state index in [9.17, 15) is 4.79 Å². The second-order valence-corrected chi connectivity index (χ2v) is 4.66. The number of nitrogens with zero attached hydrogens (tertiary/aromatic N) is 2. The lowest BCUT2D eigenvalue weighted by molar-refractivity contribution is 0.819. The van der Waals surface area contributed by atoms with Crippen molar-refractivity contribution in [3.8, 4) is 5.69 Å². The van der Waals surface area contributed by atoms with E-state index < -0.39 is 0 Å². The van der Waals surface area contributed by atoms with Crippen molar-refractivity contribution in [1.82, 2.24) is 14.8 Å². The maximum absolute atomic E-state index is 12.6. The molecule has 0 aliphatic rings. The Kier molecular flexibility index (Phi) is 2.23. The summed E-state index contributed by atoms with van der Waals surface area (Å²) in [6, 6.07) is 17.3. The van der Waals surface area contributed by atoms with Crippen LogP contribution in [-0.4, -0.2) is 14.8 Å². The van der Waals surface area contributed by atoms with Crippen molar-refractivity contribution in [2.75, 3.05) is 0 Å². The summed E-state index contributed by atoms with van der Waals surface area (Å²) < 4.78 is 1.41. The summed E-state index contributed by atoms with van der Waals surface area (Å²) in [5.74, 6) is 0. The van der Waals surface area contributed by atoms with Gasteiger partial charge in [-0.25, -0.2) is 0 Å². The first-order valence-electron chi connectivity index (χ1n) is 6.39. The fourth-order valence-electron chi connectivity index (χ4n) is 2.49. The van der Waals surface area contributed by atoms with Crippen molar-refractivity contribution in [2.24, 2.45) is 0 Å². The predicted octanol–water partition coefficient (Wildman–Crippen LogP) is 2.87. The summed E-state index contributed by atoms with van der Waals surface area (Å²) in [6.07, 6.45) is 1.74. The molecule has 2 aromatic heterocycles. The highest BCUT2D eigenvalue weighted by atomic mass is 16.1. The first kappa shape index (κ1) is 11.0. The maximum Gasteiger partial charge on any atom is 0.295 e. The largest absolute Gasteiger partial charge is 0.350 e. The van der Waals surface area contributed by atoms with Crippen LogP contribution in [0.4, 0.5) is 0 Å². The molecule has 0 spiro atoms. The van der Waals surface area contributed by atoms with Crippen molar-refractivity contribution in [2.45, 2.75) is 0 Å². The Morgan fingerprint density at radius 3 is 2.50 bits per heavy atom. The van der Waals surface area contributed by atoms with Crippen LogP contribution in [0.3, 0.4) is 0 Å². The van der Waals surface area contributed by atoms with E-state index in [0.29, 0.717) is 5.52 Å². The van der Waals surface area contributed by atoms with Gasteiger partial charge in [0.1, 0.15) is 5.52 Å². The lowest BCUT2D eigenvalue weighted by Gasteiger charge is -2.03. The standard InChI is InChI=1S/C16H11N3O/c20-16-15-13(12-8-4-5-9-14(12)18-15)10-17-19(16)11-6-2-1-3-7-11/h1-10,18H. The van der Waals surface area contributed by atoms with Crippen molar-refractivity contribution in [1.29, 1.82) is 0 Å². The van der Waals surface area contributed by atoms with E-state index in [0.717, 1.165) is 22.0 Å². The van der Waals surface area contributed by atoms with Gasteiger partial charge < -0.3 is 4.98 Å².